The lowest BCUT2D eigenvalue weighted by molar-refractivity contribution is -0.161. The molecule has 0 saturated heterocycles. The second-order valence-corrected chi connectivity index (χ2v) is 11.3. The van der Waals surface area contributed by atoms with E-state index in [1.807, 2.05) is 41.5 Å². The van der Waals surface area contributed by atoms with Crippen molar-refractivity contribution in [2.24, 2.45) is 29.4 Å². The van der Waals surface area contributed by atoms with Crippen LogP contribution >= 0.6 is 0 Å². The van der Waals surface area contributed by atoms with E-state index in [1.165, 1.54) is 12.1 Å². The van der Waals surface area contributed by atoms with Gasteiger partial charge in [0.05, 0.1) is 5.92 Å². The van der Waals surface area contributed by atoms with Crippen LogP contribution < -0.4 is 15.2 Å². The first-order chi connectivity index (χ1) is 19.0. The van der Waals surface area contributed by atoms with Crippen molar-refractivity contribution in [3.05, 3.63) is 23.8 Å². The number of hydrogen-bond donors (Lipinski definition) is 1. The highest BCUT2D eigenvalue weighted by molar-refractivity contribution is 5.76. The molecule has 0 fully saturated rings. The summed E-state index contributed by atoms with van der Waals surface area (Å²) < 4.78 is 31.7. The van der Waals surface area contributed by atoms with E-state index in [0.29, 0.717) is 5.56 Å². The number of esters is 2. The van der Waals surface area contributed by atoms with Gasteiger partial charge in [-0.1, -0.05) is 54.5 Å². The molecule has 0 bridgehead atoms. The fraction of sp³-hybridized carbons (Fsp3) is 0.667. The van der Waals surface area contributed by atoms with E-state index >= 15 is 0 Å². The molecule has 2 N–H and O–H groups in total. The maximum atomic E-state index is 12.6. The van der Waals surface area contributed by atoms with Gasteiger partial charge < -0.3 is 34.2 Å². The highest BCUT2D eigenvalue weighted by Crippen LogP contribution is 2.30. The molecule has 41 heavy (non-hydrogen) atoms. The summed E-state index contributed by atoms with van der Waals surface area (Å²) >= 11 is 0. The highest BCUT2D eigenvalue weighted by Gasteiger charge is 2.24. The molecule has 0 aromatic heterocycles. The van der Waals surface area contributed by atoms with Crippen LogP contribution in [0.5, 0.6) is 11.5 Å². The SMILES string of the molecule is CC(C)C(C)OC(=O)Oc1ccc(C[C@H](N)C(=O)O[C@@H](C)COC(=O)C(C)C(C)C)cc1OC(=O)OC(C)C(C)C. The van der Waals surface area contributed by atoms with E-state index in [4.69, 9.17) is 34.2 Å². The predicted octanol–water partition coefficient (Wildman–Crippen LogP) is 5.44. The molecule has 0 amide bonds. The molecule has 1 aromatic rings. The number of rotatable bonds is 14. The Kier molecular flexibility index (Phi) is 14.6. The lowest BCUT2D eigenvalue weighted by atomic mass is 9.99. The molecule has 232 valence electrons. The Morgan fingerprint density at radius 3 is 1.68 bits per heavy atom. The average Bonchev–Trinajstić information content (AvgIpc) is 2.87. The number of carbonyl (C=O) groups excluding carboxylic acids is 4. The molecule has 0 saturated carbocycles. The van der Waals surface area contributed by atoms with Gasteiger partial charge in [-0.3, -0.25) is 9.59 Å². The van der Waals surface area contributed by atoms with Crippen molar-refractivity contribution >= 4 is 24.2 Å². The molecule has 1 aromatic carbocycles. The summed E-state index contributed by atoms with van der Waals surface area (Å²) in [7, 11) is 0. The minimum Gasteiger partial charge on any atom is -0.462 e. The van der Waals surface area contributed by atoms with E-state index in [1.54, 1.807) is 33.8 Å². The number of ether oxygens (including phenoxy) is 6. The van der Waals surface area contributed by atoms with Crippen LogP contribution in [-0.4, -0.2) is 55.2 Å². The van der Waals surface area contributed by atoms with Gasteiger partial charge >= 0.3 is 24.2 Å². The molecule has 0 aliphatic rings. The fourth-order valence-electron chi connectivity index (χ4n) is 2.91. The van der Waals surface area contributed by atoms with Crippen molar-refractivity contribution in [1.29, 1.82) is 0 Å². The van der Waals surface area contributed by atoms with Gasteiger partial charge in [-0.2, -0.15) is 0 Å². The molecule has 3 unspecified atom stereocenters. The quantitative estimate of drug-likeness (QED) is 0.170. The van der Waals surface area contributed by atoms with Crippen LogP contribution in [0, 0.1) is 23.7 Å². The van der Waals surface area contributed by atoms with Gasteiger partial charge in [-0.25, -0.2) is 9.59 Å². The summed E-state index contributed by atoms with van der Waals surface area (Å²) in [5.74, 6) is -1.32. The van der Waals surface area contributed by atoms with Crippen molar-refractivity contribution in [3.8, 4) is 11.5 Å². The molecule has 0 aliphatic carbocycles. The van der Waals surface area contributed by atoms with Gasteiger partial charge in [-0.05, 0) is 62.6 Å². The Morgan fingerprint density at radius 1 is 0.683 bits per heavy atom. The van der Waals surface area contributed by atoms with Crippen LogP contribution in [-0.2, 0) is 35.0 Å². The third-order valence-electron chi connectivity index (χ3n) is 6.74. The summed E-state index contributed by atoms with van der Waals surface area (Å²) in [6, 6.07) is 3.31. The van der Waals surface area contributed by atoms with Gasteiger partial charge in [0.15, 0.2) is 11.5 Å². The Labute approximate surface area is 243 Å². The topological polar surface area (TPSA) is 150 Å². The molecule has 1 rings (SSSR count). The van der Waals surface area contributed by atoms with E-state index in [0.717, 1.165) is 0 Å². The molecule has 0 aliphatic heterocycles. The van der Waals surface area contributed by atoms with Crippen molar-refractivity contribution in [3.63, 3.8) is 0 Å². The smallest absolute Gasteiger partial charge is 0.462 e. The molecule has 0 spiro atoms. The second-order valence-electron chi connectivity index (χ2n) is 11.3. The average molecular weight is 582 g/mol. The normalized spacial score (nSPS) is 15.0. The van der Waals surface area contributed by atoms with Crippen LogP contribution in [0.2, 0.25) is 0 Å². The number of carbonyl (C=O) groups is 4. The molecule has 5 atom stereocenters. The van der Waals surface area contributed by atoms with Crippen molar-refractivity contribution in [2.45, 2.75) is 100 Å². The van der Waals surface area contributed by atoms with E-state index in [-0.39, 0.29) is 54.2 Å². The monoisotopic (exact) mass is 581 g/mol. The zero-order valence-electron chi connectivity index (χ0n) is 25.9. The summed E-state index contributed by atoms with van der Waals surface area (Å²) in [6.45, 7) is 18.1. The second kappa shape index (κ2) is 16.8. The summed E-state index contributed by atoms with van der Waals surface area (Å²) in [5, 5.41) is 0. The van der Waals surface area contributed by atoms with Gasteiger partial charge in [0.25, 0.3) is 0 Å². The first-order valence-corrected chi connectivity index (χ1v) is 14.0. The minimum atomic E-state index is -1.08. The Bertz CT molecular complexity index is 1020. The largest absolute Gasteiger partial charge is 0.514 e. The standard InChI is InChI=1S/C30H47NO10/c1-16(2)20(8)27(32)36-15-19(7)37-28(33)24(31)13-23-11-12-25(40-29(34)38-21(9)17(3)4)26(14-23)41-30(35)39-22(10)18(5)6/h11-12,14,16-22,24H,13,15,31H2,1-10H3/t19-,20?,21?,22?,24-/m0/s1. The summed E-state index contributed by atoms with van der Waals surface area (Å²) in [5.41, 5.74) is 6.57. The van der Waals surface area contributed by atoms with E-state index < -0.39 is 42.6 Å². The third kappa shape index (κ3) is 12.8. The Hall–Kier alpha value is -3.34. The zero-order valence-corrected chi connectivity index (χ0v) is 25.9. The van der Waals surface area contributed by atoms with E-state index in [9.17, 15) is 19.2 Å². The van der Waals surface area contributed by atoms with Crippen LogP contribution in [0.4, 0.5) is 9.59 Å². The number of hydrogen-bond acceptors (Lipinski definition) is 11. The van der Waals surface area contributed by atoms with Crippen LogP contribution in [0.3, 0.4) is 0 Å². The summed E-state index contributed by atoms with van der Waals surface area (Å²) in [6.07, 6.45) is -3.48. The Morgan fingerprint density at radius 2 is 1.20 bits per heavy atom. The highest BCUT2D eigenvalue weighted by atomic mass is 16.8. The first-order valence-electron chi connectivity index (χ1n) is 14.0. The van der Waals surface area contributed by atoms with Crippen LogP contribution in [0.1, 0.15) is 74.8 Å². The molecule has 0 radical (unpaired) electrons. The molecular formula is C30H47NO10. The van der Waals surface area contributed by atoms with Crippen LogP contribution in [0.15, 0.2) is 18.2 Å². The van der Waals surface area contributed by atoms with Gasteiger partial charge in [0.2, 0.25) is 0 Å². The minimum absolute atomic E-state index is 0.0125. The van der Waals surface area contributed by atoms with Crippen molar-refractivity contribution in [2.75, 3.05) is 6.61 Å². The van der Waals surface area contributed by atoms with Gasteiger partial charge in [0.1, 0.15) is 31.0 Å². The number of benzene rings is 1. The molecular weight excluding hydrogens is 534 g/mol. The molecule has 0 heterocycles. The third-order valence-corrected chi connectivity index (χ3v) is 6.74. The van der Waals surface area contributed by atoms with Crippen molar-refractivity contribution < 1.29 is 47.6 Å². The lowest BCUT2D eigenvalue weighted by Gasteiger charge is -2.20. The van der Waals surface area contributed by atoms with Crippen LogP contribution in [0.25, 0.3) is 0 Å². The lowest BCUT2D eigenvalue weighted by Crippen LogP contribution is -2.37. The maximum Gasteiger partial charge on any atom is 0.514 e. The summed E-state index contributed by atoms with van der Waals surface area (Å²) in [4.78, 5) is 49.4. The maximum absolute atomic E-state index is 12.6. The first kappa shape index (κ1) is 35.7. The van der Waals surface area contributed by atoms with Gasteiger partial charge in [-0.15, -0.1) is 0 Å². The van der Waals surface area contributed by atoms with E-state index in [2.05, 4.69) is 0 Å². The molecule has 11 nitrogen and oxygen atoms in total. The Balaban J connectivity index is 2.96. The van der Waals surface area contributed by atoms with Gasteiger partial charge in [0, 0.05) is 0 Å². The molecule has 11 heteroatoms. The predicted molar refractivity (Wildman–Crippen MR) is 151 cm³/mol. The zero-order chi connectivity index (χ0) is 31.4. The fourth-order valence-corrected chi connectivity index (χ4v) is 2.91. The number of nitrogens with two attached hydrogens (primary N) is 1. The van der Waals surface area contributed by atoms with Crippen molar-refractivity contribution in [1.82, 2.24) is 0 Å².